The van der Waals surface area contributed by atoms with Crippen LogP contribution in [0.1, 0.15) is 47.2 Å². The lowest BCUT2D eigenvalue weighted by molar-refractivity contribution is 0.0923. The van der Waals surface area contributed by atoms with E-state index >= 15 is 0 Å². The summed E-state index contributed by atoms with van der Waals surface area (Å²) in [6, 6.07) is 9.34. The quantitative estimate of drug-likeness (QED) is 0.766. The van der Waals surface area contributed by atoms with Crippen molar-refractivity contribution in [3.05, 3.63) is 71.4 Å². The van der Waals surface area contributed by atoms with Crippen molar-refractivity contribution < 1.29 is 4.79 Å². The van der Waals surface area contributed by atoms with Crippen molar-refractivity contribution in [1.82, 2.24) is 25.1 Å². The van der Waals surface area contributed by atoms with E-state index in [1.165, 1.54) is 0 Å². The summed E-state index contributed by atoms with van der Waals surface area (Å²) in [5.41, 5.74) is 3.24. The molecule has 3 aromatic rings. The van der Waals surface area contributed by atoms with E-state index in [0.29, 0.717) is 11.4 Å². The maximum absolute atomic E-state index is 12.9. The zero-order valence-corrected chi connectivity index (χ0v) is 15.5. The topological polar surface area (TPSA) is 72.7 Å². The van der Waals surface area contributed by atoms with Crippen LogP contribution >= 0.6 is 0 Å². The molecule has 3 rings (SSSR count). The first-order valence-corrected chi connectivity index (χ1v) is 8.67. The van der Waals surface area contributed by atoms with Gasteiger partial charge in [0.05, 0.1) is 29.2 Å². The highest BCUT2D eigenvalue weighted by Gasteiger charge is 2.24. The lowest BCUT2D eigenvalue weighted by atomic mass is 9.97. The van der Waals surface area contributed by atoms with Crippen LogP contribution in [0.2, 0.25) is 0 Å². The number of aromatic nitrogens is 4. The molecule has 6 heteroatoms. The first-order valence-electron chi connectivity index (χ1n) is 8.67. The minimum absolute atomic E-state index is 0.159. The van der Waals surface area contributed by atoms with Gasteiger partial charge in [0.25, 0.3) is 5.91 Å². The monoisotopic (exact) mass is 349 g/mol. The predicted octanol–water partition coefficient (Wildman–Crippen LogP) is 3.41. The number of amides is 1. The second-order valence-corrected chi connectivity index (χ2v) is 6.64. The van der Waals surface area contributed by atoms with Gasteiger partial charge in [0, 0.05) is 12.4 Å². The average molecular weight is 349 g/mol. The van der Waals surface area contributed by atoms with Crippen molar-refractivity contribution in [2.45, 2.75) is 33.7 Å². The Hall–Kier alpha value is -3.02. The maximum atomic E-state index is 12.9. The van der Waals surface area contributed by atoms with Crippen molar-refractivity contribution >= 4 is 5.91 Å². The number of nitrogens with one attached hydrogen (secondary N) is 1. The van der Waals surface area contributed by atoms with Gasteiger partial charge >= 0.3 is 0 Å². The molecule has 0 aliphatic heterocycles. The number of pyridine rings is 2. The van der Waals surface area contributed by atoms with Gasteiger partial charge in [-0.15, -0.1) is 0 Å². The van der Waals surface area contributed by atoms with Crippen LogP contribution in [0.25, 0.3) is 5.82 Å². The molecule has 1 N–H and O–H groups in total. The van der Waals surface area contributed by atoms with Crippen molar-refractivity contribution in [1.29, 1.82) is 0 Å². The molecule has 1 atom stereocenters. The van der Waals surface area contributed by atoms with E-state index in [4.69, 9.17) is 0 Å². The van der Waals surface area contributed by atoms with Gasteiger partial charge in [0.1, 0.15) is 0 Å². The van der Waals surface area contributed by atoms with E-state index in [1.54, 1.807) is 23.3 Å². The van der Waals surface area contributed by atoms with Crippen LogP contribution in [0.5, 0.6) is 0 Å². The van der Waals surface area contributed by atoms with Crippen LogP contribution < -0.4 is 5.32 Å². The van der Waals surface area contributed by atoms with Gasteiger partial charge in [-0.25, -0.2) is 9.67 Å². The summed E-state index contributed by atoms with van der Waals surface area (Å²) in [7, 11) is 0. The van der Waals surface area contributed by atoms with E-state index in [-0.39, 0.29) is 17.9 Å². The first kappa shape index (κ1) is 17.8. The average Bonchev–Trinajstić information content (AvgIpc) is 3.02. The fourth-order valence-electron chi connectivity index (χ4n) is 2.94. The summed E-state index contributed by atoms with van der Waals surface area (Å²) in [6.07, 6.45) is 5.05. The second-order valence-electron chi connectivity index (χ2n) is 6.64. The zero-order chi connectivity index (χ0) is 18.7. The predicted molar refractivity (Wildman–Crippen MR) is 100 cm³/mol. The molecule has 26 heavy (non-hydrogen) atoms. The third-order valence-corrected chi connectivity index (χ3v) is 4.42. The molecule has 1 amide bonds. The Labute approximate surface area is 153 Å². The van der Waals surface area contributed by atoms with Crippen LogP contribution in [0.4, 0.5) is 0 Å². The van der Waals surface area contributed by atoms with Crippen molar-refractivity contribution in [2.75, 3.05) is 0 Å². The van der Waals surface area contributed by atoms with Gasteiger partial charge in [0.15, 0.2) is 5.82 Å². The van der Waals surface area contributed by atoms with Crippen LogP contribution in [-0.4, -0.2) is 25.7 Å². The molecular weight excluding hydrogens is 326 g/mol. The summed E-state index contributed by atoms with van der Waals surface area (Å²) in [5, 5.41) is 7.45. The molecule has 0 spiro atoms. The van der Waals surface area contributed by atoms with Crippen LogP contribution in [0.15, 0.2) is 48.9 Å². The molecule has 0 aliphatic rings. The molecule has 0 bridgehead atoms. The smallest absolute Gasteiger partial charge is 0.255 e. The molecule has 0 aromatic carbocycles. The maximum Gasteiger partial charge on any atom is 0.255 e. The van der Waals surface area contributed by atoms with Crippen molar-refractivity contribution in [3.63, 3.8) is 0 Å². The SMILES string of the molecule is Cc1cccnc1[C@H](NC(=O)c1cnn(-c2ccccn2)c1C)C(C)C. The van der Waals surface area contributed by atoms with Gasteiger partial charge in [-0.05, 0) is 43.5 Å². The Morgan fingerprint density at radius 2 is 1.85 bits per heavy atom. The molecule has 0 unspecified atom stereocenters. The van der Waals surface area contributed by atoms with E-state index in [1.807, 2.05) is 44.2 Å². The van der Waals surface area contributed by atoms with E-state index in [0.717, 1.165) is 17.0 Å². The molecule has 3 heterocycles. The summed E-state index contributed by atoms with van der Waals surface area (Å²) < 4.78 is 1.67. The highest BCUT2D eigenvalue weighted by Crippen LogP contribution is 2.23. The molecule has 0 radical (unpaired) electrons. The molecule has 134 valence electrons. The molecular formula is C20H23N5O. The molecule has 6 nitrogen and oxygen atoms in total. The Morgan fingerprint density at radius 1 is 1.08 bits per heavy atom. The van der Waals surface area contributed by atoms with Crippen molar-refractivity contribution in [3.8, 4) is 5.82 Å². The number of carbonyl (C=O) groups is 1. The third-order valence-electron chi connectivity index (χ3n) is 4.42. The van der Waals surface area contributed by atoms with Gasteiger partial charge in [0.2, 0.25) is 0 Å². The van der Waals surface area contributed by atoms with Gasteiger partial charge in [-0.1, -0.05) is 26.0 Å². The Bertz CT molecular complexity index is 902. The van der Waals surface area contributed by atoms with Gasteiger partial charge in [-0.2, -0.15) is 5.10 Å². The highest BCUT2D eigenvalue weighted by molar-refractivity contribution is 5.95. The van der Waals surface area contributed by atoms with Crippen LogP contribution in [-0.2, 0) is 0 Å². The summed E-state index contributed by atoms with van der Waals surface area (Å²) in [6.45, 7) is 8.02. The molecule has 0 aliphatic carbocycles. The summed E-state index contributed by atoms with van der Waals surface area (Å²) in [5.74, 6) is 0.733. The van der Waals surface area contributed by atoms with Crippen LogP contribution in [0.3, 0.4) is 0 Å². The number of rotatable bonds is 5. The molecule has 0 saturated heterocycles. The molecule has 0 saturated carbocycles. The van der Waals surface area contributed by atoms with E-state index in [2.05, 4.69) is 34.2 Å². The lowest BCUT2D eigenvalue weighted by Crippen LogP contribution is -2.33. The first-order chi connectivity index (χ1) is 12.5. The van der Waals surface area contributed by atoms with E-state index < -0.39 is 0 Å². The Balaban J connectivity index is 1.88. The Morgan fingerprint density at radius 3 is 2.50 bits per heavy atom. The fourth-order valence-corrected chi connectivity index (χ4v) is 2.94. The number of aryl methyl sites for hydroxylation is 1. The standard InChI is InChI=1S/C20H23N5O/c1-13(2)18(19-14(3)8-7-11-22-19)24-20(26)16-12-23-25(15(16)4)17-9-5-6-10-21-17/h5-13,18H,1-4H3,(H,24,26)/t18-/m1/s1. The normalized spacial score (nSPS) is 12.2. The zero-order valence-electron chi connectivity index (χ0n) is 15.5. The molecule has 0 fully saturated rings. The third kappa shape index (κ3) is 3.49. The number of hydrogen-bond donors (Lipinski definition) is 1. The number of nitrogens with zero attached hydrogens (tertiary/aromatic N) is 4. The van der Waals surface area contributed by atoms with Crippen LogP contribution in [0, 0.1) is 19.8 Å². The fraction of sp³-hybridized carbons (Fsp3) is 0.300. The van der Waals surface area contributed by atoms with Gasteiger partial charge < -0.3 is 5.32 Å². The summed E-state index contributed by atoms with van der Waals surface area (Å²) in [4.78, 5) is 21.7. The number of hydrogen-bond acceptors (Lipinski definition) is 4. The molecule has 3 aromatic heterocycles. The van der Waals surface area contributed by atoms with Gasteiger partial charge in [-0.3, -0.25) is 9.78 Å². The second kappa shape index (κ2) is 7.47. The minimum Gasteiger partial charge on any atom is -0.343 e. The minimum atomic E-state index is -0.165. The van der Waals surface area contributed by atoms with E-state index in [9.17, 15) is 4.79 Å². The Kier molecular flexibility index (Phi) is 5.11. The largest absolute Gasteiger partial charge is 0.343 e. The number of carbonyl (C=O) groups excluding carboxylic acids is 1. The lowest BCUT2D eigenvalue weighted by Gasteiger charge is -2.23. The van der Waals surface area contributed by atoms with Crippen molar-refractivity contribution in [2.24, 2.45) is 5.92 Å². The summed E-state index contributed by atoms with van der Waals surface area (Å²) >= 11 is 0. The highest BCUT2D eigenvalue weighted by atomic mass is 16.1.